The second-order valence-corrected chi connectivity index (χ2v) is 8.66. The Bertz CT molecular complexity index is 1150. The summed E-state index contributed by atoms with van der Waals surface area (Å²) in [6.45, 7) is 4.60. The lowest BCUT2D eigenvalue weighted by atomic mass is 9.74. The van der Waals surface area contributed by atoms with Gasteiger partial charge in [-0.25, -0.2) is 0 Å². The van der Waals surface area contributed by atoms with Crippen LogP contribution in [0.25, 0.3) is 0 Å². The van der Waals surface area contributed by atoms with Crippen molar-refractivity contribution in [1.82, 2.24) is 5.32 Å². The first-order valence-corrected chi connectivity index (χ1v) is 11.9. The van der Waals surface area contributed by atoms with Crippen molar-refractivity contribution in [3.05, 3.63) is 76.6 Å². The number of anilines is 1. The van der Waals surface area contributed by atoms with Crippen LogP contribution in [-0.4, -0.2) is 25.4 Å². The monoisotopic (exact) mass is 460 g/mol. The van der Waals surface area contributed by atoms with Crippen molar-refractivity contribution in [2.75, 3.05) is 19.0 Å². The molecule has 34 heavy (non-hydrogen) atoms. The molecule has 0 saturated heterocycles. The number of benzene rings is 2. The fraction of sp³-hybridized carbons (Fsp3) is 0.357. The number of methoxy groups -OCH3 is 1. The van der Waals surface area contributed by atoms with Gasteiger partial charge in [0.2, 0.25) is 0 Å². The topological polar surface area (TPSA) is 76.7 Å². The number of para-hydroxylation sites is 3. The van der Waals surface area contributed by atoms with E-state index < -0.39 is 5.92 Å². The van der Waals surface area contributed by atoms with Gasteiger partial charge in [-0.3, -0.25) is 9.59 Å². The number of allylic oxidation sites excluding steroid dienone is 3. The Balaban J connectivity index is 1.79. The molecule has 2 aromatic rings. The fourth-order valence-electron chi connectivity index (χ4n) is 4.71. The van der Waals surface area contributed by atoms with Gasteiger partial charge in [0.15, 0.2) is 5.78 Å². The lowest BCUT2D eigenvalue weighted by Crippen LogP contribution is -2.35. The summed E-state index contributed by atoms with van der Waals surface area (Å²) in [6.07, 6.45) is 4.03. The molecule has 1 aliphatic heterocycles. The molecule has 4 rings (SSSR count). The zero-order valence-electron chi connectivity index (χ0n) is 20.1. The predicted molar refractivity (Wildman–Crippen MR) is 133 cm³/mol. The molecule has 0 radical (unpaired) electrons. The van der Waals surface area contributed by atoms with Crippen molar-refractivity contribution >= 4 is 17.4 Å². The standard InChI is InChI=1S/C28H32N2O4/c1-4-5-17-34-23-15-8-6-11-19(23)26-25(18(2)29-21-13-10-14-22(31)27(21)26)28(32)30-20-12-7-9-16-24(20)33-3/h6-9,11-12,15-16,26,29H,4-5,10,13-14,17H2,1-3H3,(H,30,32). The highest BCUT2D eigenvalue weighted by atomic mass is 16.5. The molecule has 178 valence electrons. The average molecular weight is 461 g/mol. The van der Waals surface area contributed by atoms with Gasteiger partial charge < -0.3 is 20.1 Å². The Kier molecular flexibility index (Phi) is 7.36. The SMILES string of the molecule is CCCCOc1ccccc1C1C(C(=O)Nc2ccccc2OC)=C(C)NC2=C1C(=O)CCC2. The van der Waals surface area contributed by atoms with Crippen LogP contribution in [0.4, 0.5) is 5.69 Å². The highest BCUT2D eigenvalue weighted by molar-refractivity contribution is 6.10. The maximum atomic E-state index is 13.7. The molecule has 1 amide bonds. The smallest absolute Gasteiger partial charge is 0.254 e. The summed E-state index contributed by atoms with van der Waals surface area (Å²) >= 11 is 0. The first kappa shape index (κ1) is 23.6. The molecule has 6 heteroatoms. The normalized spacial score (nSPS) is 17.7. The van der Waals surface area contributed by atoms with Crippen LogP contribution in [0.2, 0.25) is 0 Å². The van der Waals surface area contributed by atoms with Crippen molar-refractivity contribution in [1.29, 1.82) is 0 Å². The molecule has 1 heterocycles. The van der Waals surface area contributed by atoms with E-state index in [4.69, 9.17) is 9.47 Å². The Hall–Kier alpha value is -3.54. The molecule has 1 aliphatic carbocycles. The third-order valence-corrected chi connectivity index (χ3v) is 6.36. The molecule has 0 spiro atoms. The number of ketones is 1. The quantitative estimate of drug-likeness (QED) is 0.510. The van der Waals surface area contributed by atoms with Crippen molar-refractivity contribution in [2.45, 2.75) is 51.9 Å². The maximum Gasteiger partial charge on any atom is 0.254 e. The Morgan fingerprint density at radius 3 is 2.59 bits per heavy atom. The molecule has 2 aromatic carbocycles. The maximum absolute atomic E-state index is 13.7. The van der Waals surface area contributed by atoms with Gasteiger partial charge in [0.05, 0.1) is 25.3 Å². The molecule has 2 aliphatic rings. The van der Waals surface area contributed by atoms with Crippen LogP contribution in [0.3, 0.4) is 0 Å². The molecule has 1 atom stereocenters. The van der Waals surface area contributed by atoms with Crippen molar-refractivity contribution < 1.29 is 19.1 Å². The van der Waals surface area contributed by atoms with Gasteiger partial charge in [0, 0.05) is 34.5 Å². The zero-order valence-corrected chi connectivity index (χ0v) is 20.1. The van der Waals surface area contributed by atoms with E-state index in [9.17, 15) is 9.59 Å². The number of carbonyl (C=O) groups excluding carboxylic acids is 2. The van der Waals surface area contributed by atoms with Crippen LogP contribution in [0.1, 0.15) is 57.4 Å². The number of nitrogens with one attached hydrogen (secondary N) is 2. The second-order valence-electron chi connectivity index (χ2n) is 8.66. The van der Waals surface area contributed by atoms with Gasteiger partial charge >= 0.3 is 0 Å². The number of hydrogen-bond donors (Lipinski definition) is 2. The number of hydrogen-bond acceptors (Lipinski definition) is 5. The molecule has 0 bridgehead atoms. The van der Waals surface area contributed by atoms with Crippen LogP contribution >= 0.6 is 0 Å². The number of Topliss-reactive ketones (excluding diaryl/α,β-unsaturated/α-hetero) is 1. The number of unbranched alkanes of at least 4 members (excludes halogenated alkanes) is 1. The Labute approximate surface area is 201 Å². The molecule has 0 saturated carbocycles. The lowest BCUT2D eigenvalue weighted by Gasteiger charge is -2.35. The van der Waals surface area contributed by atoms with Crippen molar-refractivity contribution in [3.8, 4) is 11.5 Å². The number of amides is 1. The van der Waals surface area contributed by atoms with E-state index in [-0.39, 0.29) is 11.7 Å². The second kappa shape index (κ2) is 10.6. The number of rotatable bonds is 8. The van der Waals surface area contributed by atoms with E-state index in [1.165, 1.54) is 0 Å². The first-order chi connectivity index (χ1) is 16.5. The largest absolute Gasteiger partial charge is 0.495 e. The van der Waals surface area contributed by atoms with Crippen molar-refractivity contribution in [2.24, 2.45) is 0 Å². The van der Waals surface area contributed by atoms with Crippen LogP contribution in [-0.2, 0) is 9.59 Å². The molecular formula is C28H32N2O4. The van der Waals surface area contributed by atoms with Crippen molar-refractivity contribution in [3.63, 3.8) is 0 Å². The van der Waals surface area contributed by atoms with Gasteiger partial charge in [-0.1, -0.05) is 43.7 Å². The van der Waals surface area contributed by atoms with E-state index in [0.29, 0.717) is 41.4 Å². The molecule has 0 aromatic heterocycles. The zero-order chi connectivity index (χ0) is 24.1. The molecular weight excluding hydrogens is 428 g/mol. The summed E-state index contributed by atoms with van der Waals surface area (Å²) in [5.74, 6) is 0.594. The fourth-order valence-corrected chi connectivity index (χ4v) is 4.71. The van der Waals surface area contributed by atoms with Gasteiger partial charge in [-0.15, -0.1) is 0 Å². The van der Waals surface area contributed by atoms with E-state index >= 15 is 0 Å². The number of ether oxygens (including phenoxy) is 2. The highest BCUT2D eigenvalue weighted by Crippen LogP contribution is 2.45. The van der Waals surface area contributed by atoms with Crippen LogP contribution in [0.5, 0.6) is 11.5 Å². The molecule has 1 unspecified atom stereocenters. The van der Waals surface area contributed by atoms with Crippen LogP contribution in [0, 0.1) is 0 Å². The molecule has 2 N–H and O–H groups in total. The summed E-state index contributed by atoms with van der Waals surface area (Å²) in [5, 5.41) is 6.38. The average Bonchev–Trinajstić information content (AvgIpc) is 2.84. The van der Waals surface area contributed by atoms with Crippen LogP contribution < -0.4 is 20.1 Å². The minimum atomic E-state index is -0.503. The molecule has 0 fully saturated rings. The minimum Gasteiger partial charge on any atom is -0.495 e. The summed E-state index contributed by atoms with van der Waals surface area (Å²) in [4.78, 5) is 26.9. The minimum absolute atomic E-state index is 0.0807. The summed E-state index contributed by atoms with van der Waals surface area (Å²) in [5.41, 5.74) is 4.27. The summed E-state index contributed by atoms with van der Waals surface area (Å²) in [6, 6.07) is 15.0. The van der Waals surface area contributed by atoms with E-state index in [0.717, 1.165) is 42.6 Å². The third kappa shape index (κ3) is 4.72. The van der Waals surface area contributed by atoms with Gasteiger partial charge in [-0.05, 0) is 44.4 Å². The Morgan fingerprint density at radius 1 is 1.09 bits per heavy atom. The van der Waals surface area contributed by atoms with Gasteiger partial charge in [-0.2, -0.15) is 0 Å². The first-order valence-electron chi connectivity index (χ1n) is 11.9. The van der Waals surface area contributed by atoms with Gasteiger partial charge in [0.1, 0.15) is 11.5 Å². The number of carbonyl (C=O) groups is 2. The van der Waals surface area contributed by atoms with E-state index in [1.807, 2.05) is 43.3 Å². The summed E-state index contributed by atoms with van der Waals surface area (Å²) < 4.78 is 11.6. The van der Waals surface area contributed by atoms with Gasteiger partial charge in [0.25, 0.3) is 5.91 Å². The van der Waals surface area contributed by atoms with E-state index in [2.05, 4.69) is 17.6 Å². The third-order valence-electron chi connectivity index (χ3n) is 6.36. The Morgan fingerprint density at radius 2 is 1.82 bits per heavy atom. The summed E-state index contributed by atoms with van der Waals surface area (Å²) in [7, 11) is 1.57. The molecule has 6 nitrogen and oxygen atoms in total. The van der Waals surface area contributed by atoms with E-state index in [1.54, 1.807) is 19.2 Å². The lowest BCUT2D eigenvalue weighted by molar-refractivity contribution is -0.116. The number of dihydropyridines is 1. The highest BCUT2D eigenvalue weighted by Gasteiger charge is 2.39. The van der Waals surface area contributed by atoms with Crippen LogP contribution in [0.15, 0.2) is 71.1 Å². The predicted octanol–water partition coefficient (Wildman–Crippen LogP) is 5.48.